The van der Waals surface area contributed by atoms with Crippen molar-refractivity contribution in [1.29, 1.82) is 0 Å². The van der Waals surface area contributed by atoms with Crippen LogP contribution in [-0.2, 0) is 9.84 Å². The number of hydrogen-bond acceptors (Lipinski definition) is 3. The van der Waals surface area contributed by atoms with E-state index in [0.29, 0.717) is 9.79 Å². The minimum Gasteiger partial charge on any atom is -0.370 e. The fourth-order valence-electron chi connectivity index (χ4n) is 2.63. The van der Waals surface area contributed by atoms with Crippen LogP contribution in [0.4, 0.5) is 5.69 Å². The normalized spacial score (nSPS) is 15.5. The molecule has 0 radical (unpaired) electrons. The quantitative estimate of drug-likeness (QED) is 0.870. The first kappa shape index (κ1) is 13.2. The van der Waals surface area contributed by atoms with Gasteiger partial charge in [-0.3, -0.25) is 0 Å². The van der Waals surface area contributed by atoms with E-state index in [1.807, 2.05) is 18.2 Å². The average molecular weight is 287 g/mol. The van der Waals surface area contributed by atoms with Crippen molar-refractivity contribution < 1.29 is 8.42 Å². The maximum Gasteiger partial charge on any atom is 0.208 e. The van der Waals surface area contributed by atoms with Gasteiger partial charge in [-0.15, -0.1) is 0 Å². The molecule has 3 nitrogen and oxygen atoms in total. The second-order valence-corrected chi connectivity index (χ2v) is 6.90. The van der Waals surface area contributed by atoms with Gasteiger partial charge in [0.1, 0.15) is 0 Å². The summed E-state index contributed by atoms with van der Waals surface area (Å²) in [7, 11) is -3.45. The summed E-state index contributed by atoms with van der Waals surface area (Å²) in [6, 6.07) is 15.9. The van der Waals surface area contributed by atoms with Gasteiger partial charge in [-0.25, -0.2) is 8.42 Å². The Hall–Kier alpha value is -1.81. The predicted molar refractivity (Wildman–Crippen MR) is 79.8 cm³/mol. The van der Waals surface area contributed by atoms with Crippen LogP contribution in [0.25, 0.3) is 0 Å². The molecule has 3 rings (SSSR count). The molecule has 20 heavy (non-hydrogen) atoms. The number of rotatable bonds is 3. The highest BCUT2D eigenvalue weighted by Gasteiger charge is 2.24. The van der Waals surface area contributed by atoms with Gasteiger partial charge in [0.05, 0.1) is 15.5 Å². The van der Waals surface area contributed by atoms with Gasteiger partial charge in [0.2, 0.25) is 9.84 Å². The third-order valence-electron chi connectivity index (χ3n) is 3.66. The third kappa shape index (κ3) is 2.31. The van der Waals surface area contributed by atoms with E-state index in [2.05, 4.69) is 4.90 Å². The number of para-hydroxylation sites is 1. The zero-order valence-corrected chi connectivity index (χ0v) is 12.0. The molecule has 1 aliphatic rings. The van der Waals surface area contributed by atoms with Gasteiger partial charge in [-0.2, -0.15) is 0 Å². The largest absolute Gasteiger partial charge is 0.370 e. The Balaban J connectivity index is 2.10. The molecule has 1 fully saturated rings. The lowest BCUT2D eigenvalue weighted by Gasteiger charge is -2.21. The summed E-state index contributed by atoms with van der Waals surface area (Å²) in [6.45, 7) is 1.86. The minimum atomic E-state index is -3.45. The highest BCUT2D eigenvalue weighted by molar-refractivity contribution is 7.91. The van der Waals surface area contributed by atoms with E-state index in [9.17, 15) is 8.42 Å². The summed E-state index contributed by atoms with van der Waals surface area (Å²) in [4.78, 5) is 2.93. The van der Waals surface area contributed by atoms with E-state index in [-0.39, 0.29) is 0 Å². The van der Waals surface area contributed by atoms with Crippen LogP contribution in [0.1, 0.15) is 12.8 Å². The summed E-state index contributed by atoms with van der Waals surface area (Å²) in [5, 5.41) is 0. The van der Waals surface area contributed by atoms with E-state index in [1.54, 1.807) is 36.4 Å². The summed E-state index contributed by atoms with van der Waals surface area (Å²) in [6.07, 6.45) is 2.25. The maximum atomic E-state index is 12.8. The number of benzene rings is 2. The van der Waals surface area contributed by atoms with Crippen LogP contribution >= 0.6 is 0 Å². The Labute approximate surface area is 119 Å². The molecule has 0 unspecified atom stereocenters. The number of hydrogen-bond donors (Lipinski definition) is 0. The molecule has 0 saturated carbocycles. The van der Waals surface area contributed by atoms with Gasteiger partial charge in [0.25, 0.3) is 0 Å². The van der Waals surface area contributed by atoms with Gasteiger partial charge < -0.3 is 4.90 Å². The molecule has 104 valence electrons. The van der Waals surface area contributed by atoms with Crippen molar-refractivity contribution in [3.05, 3.63) is 54.6 Å². The summed E-state index contributed by atoms with van der Waals surface area (Å²) >= 11 is 0. The summed E-state index contributed by atoms with van der Waals surface area (Å²) in [5.74, 6) is 0. The second kappa shape index (κ2) is 5.29. The van der Waals surface area contributed by atoms with Crippen molar-refractivity contribution in [3.8, 4) is 0 Å². The van der Waals surface area contributed by atoms with Crippen molar-refractivity contribution in [2.24, 2.45) is 0 Å². The Bertz CT molecular complexity index is 689. The second-order valence-electron chi connectivity index (χ2n) is 4.98. The van der Waals surface area contributed by atoms with Crippen LogP contribution in [0.15, 0.2) is 64.4 Å². The topological polar surface area (TPSA) is 37.4 Å². The van der Waals surface area contributed by atoms with Crippen LogP contribution in [0, 0.1) is 0 Å². The van der Waals surface area contributed by atoms with E-state index in [4.69, 9.17) is 0 Å². The third-order valence-corrected chi connectivity index (χ3v) is 5.47. The zero-order chi connectivity index (χ0) is 14.0. The minimum absolute atomic E-state index is 0.353. The van der Waals surface area contributed by atoms with E-state index in [1.165, 1.54) is 0 Å². The molecule has 0 spiro atoms. The maximum absolute atomic E-state index is 12.8. The molecular formula is C16H17NO2S. The van der Waals surface area contributed by atoms with Crippen LogP contribution in [0.3, 0.4) is 0 Å². The van der Waals surface area contributed by atoms with Crippen molar-refractivity contribution in [2.45, 2.75) is 22.6 Å². The average Bonchev–Trinajstić information content (AvgIpc) is 3.02. The molecule has 1 aliphatic heterocycles. The molecule has 1 saturated heterocycles. The SMILES string of the molecule is O=S(=O)(c1ccccc1)c1ccccc1N1CCCC1. The van der Waals surface area contributed by atoms with Crippen LogP contribution < -0.4 is 4.90 Å². The van der Waals surface area contributed by atoms with E-state index < -0.39 is 9.84 Å². The standard InChI is InChI=1S/C16H17NO2S/c18-20(19,14-8-2-1-3-9-14)16-11-5-4-10-15(16)17-12-6-7-13-17/h1-5,8-11H,6-7,12-13H2. The van der Waals surface area contributed by atoms with E-state index >= 15 is 0 Å². The van der Waals surface area contributed by atoms with Crippen LogP contribution in [0.2, 0.25) is 0 Å². The van der Waals surface area contributed by atoms with Gasteiger partial charge in [0.15, 0.2) is 0 Å². The van der Waals surface area contributed by atoms with Crippen LogP contribution in [-0.4, -0.2) is 21.5 Å². The van der Waals surface area contributed by atoms with E-state index in [0.717, 1.165) is 31.6 Å². The molecule has 0 bridgehead atoms. The zero-order valence-electron chi connectivity index (χ0n) is 11.2. The molecule has 0 N–H and O–H groups in total. The molecule has 2 aromatic carbocycles. The first-order chi connectivity index (χ1) is 9.69. The van der Waals surface area contributed by atoms with Crippen molar-refractivity contribution in [1.82, 2.24) is 0 Å². The fourth-order valence-corrected chi connectivity index (χ4v) is 4.13. The highest BCUT2D eigenvalue weighted by atomic mass is 32.2. The lowest BCUT2D eigenvalue weighted by atomic mass is 10.3. The van der Waals surface area contributed by atoms with Crippen LogP contribution in [0.5, 0.6) is 0 Å². The first-order valence-electron chi connectivity index (χ1n) is 6.84. The fraction of sp³-hybridized carbons (Fsp3) is 0.250. The smallest absolute Gasteiger partial charge is 0.208 e. The first-order valence-corrected chi connectivity index (χ1v) is 8.32. The molecule has 0 aromatic heterocycles. The number of sulfone groups is 1. The Morgan fingerprint density at radius 1 is 0.800 bits per heavy atom. The molecule has 1 heterocycles. The lowest BCUT2D eigenvalue weighted by molar-refractivity contribution is 0.596. The molecule has 0 aliphatic carbocycles. The molecule has 0 amide bonds. The monoisotopic (exact) mass is 287 g/mol. The summed E-state index contributed by atoms with van der Waals surface area (Å²) in [5.41, 5.74) is 0.828. The molecule has 2 aromatic rings. The van der Waals surface area contributed by atoms with Gasteiger partial charge in [0, 0.05) is 13.1 Å². The molecule has 4 heteroatoms. The highest BCUT2D eigenvalue weighted by Crippen LogP contribution is 2.31. The Morgan fingerprint density at radius 3 is 2.10 bits per heavy atom. The number of anilines is 1. The van der Waals surface area contributed by atoms with Crippen molar-refractivity contribution in [3.63, 3.8) is 0 Å². The van der Waals surface area contributed by atoms with Gasteiger partial charge >= 0.3 is 0 Å². The Kier molecular flexibility index (Phi) is 3.49. The van der Waals surface area contributed by atoms with Gasteiger partial charge in [-0.05, 0) is 37.1 Å². The summed E-state index contributed by atoms with van der Waals surface area (Å²) < 4.78 is 25.6. The predicted octanol–water partition coefficient (Wildman–Crippen LogP) is 3.12. The van der Waals surface area contributed by atoms with Crippen molar-refractivity contribution in [2.75, 3.05) is 18.0 Å². The lowest BCUT2D eigenvalue weighted by Crippen LogP contribution is -2.20. The van der Waals surface area contributed by atoms with Crippen molar-refractivity contribution >= 4 is 15.5 Å². The molecule has 0 atom stereocenters. The number of nitrogens with zero attached hydrogens (tertiary/aromatic N) is 1. The van der Waals surface area contributed by atoms with Gasteiger partial charge in [-0.1, -0.05) is 30.3 Å². The molecular weight excluding hydrogens is 270 g/mol. The Morgan fingerprint density at radius 2 is 1.40 bits per heavy atom.